The summed E-state index contributed by atoms with van der Waals surface area (Å²) in [5, 5.41) is 14.7. The number of nitrogens with zero attached hydrogens (tertiary/aromatic N) is 4. The average Bonchev–Trinajstić information content (AvgIpc) is 2.92. The van der Waals surface area contributed by atoms with Gasteiger partial charge in [0.05, 0.1) is 25.2 Å². The van der Waals surface area contributed by atoms with Crippen molar-refractivity contribution in [1.29, 1.82) is 0 Å². The number of nitrogens with one attached hydrogen (secondary N) is 1. The van der Waals surface area contributed by atoms with Crippen LogP contribution in [0, 0.1) is 12.3 Å². The maximum Gasteiger partial charge on any atom is 0.416 e. The van der Waals surface area contributed by atoms with Crippen LogP contribution in [0.1, 0.15) is 29.5 Å². The van der Waals surface area contributed by atoms with E-state index in [2.05, 4.69) is 11.2 Å². The van der Waals surface area contributed by atoms with Gasteiger partial charge in [-0.25, -0.2) is 9.80 Å². The molecular weight excluding hydrogens is 543 g/mol. The molecule has 2 aliphatic heterocycles. The highest BCUT2D eigenvalue weighted by Gasteiger charge is 2.51. The Morgan fingerprint density at radius 3 is 2.44 bits per heavy atom. The minimum atomic E-state index is -4.60. The molecule has 0 saturated carbocycles. The molecule has 10 nitrogen and oxygen atoms in total. The number of fused-ring (bicyclic) bond motifs is 1. The van der Waals surface area contributed by atoms with Gasteiger partial charge in [0.1, 0.15) is 12.2 Å². The van der Waals surface area contributed by atoms with Crippen LogP contribution in [-0.2, 0) is 33.6 Å². The number of piperazine rings is 1. The van der Waals surface area contributed by atoms with E-state index >= 15 is 0 Å². The van der Waals surface area contributed by atoms with Crippen LogP contribution in [0.15, 0.2) is 54.6 Å². The van der Waals surface area contributed by atoms with Gasteiger partial charge in [0.2, 0.25) is 11.8 Å². The maximum absolute atomic E-state index is 13.6. The molecule has 2 N–H and O–H groups in total. The van der Waals surface area contributed by atoms with Gasteiger partial charge < -0.3 is 20.2 Å². The minimum absolute atomic E-state index is 0.115. The number of alkyl halides is 3. The van der Waals surface area contributed by atoms with Gasteiger partial charge in [0, 0.05) is 19.5 Å². The van der Waals surface area contributed by atoms with E-state index in [0.717, 1.165) is 17.7 Å². The molecule has 216 valence electrons. The number of hydrogen-bond donors (Lipinski definition) is 2. The van der Waals surface area contributed by atoms with Crippen molar-refractivity contribution in [1.82, 2.24) is 25.1 Å². The van der Waals surface area contributed by atoms with Gasteiger partial charge in [-0.2, -0.15) is 18.2 Å². The molecule has 0 aliphatic carbocycles. The number of aliphatic carboxylic acids is 1. The predicted molar refractivity (Wildman–Crippen MR) is 139 cm³/mol. The van der Waals surface area contributed by atoms with Crippen LogP contribution in [0.2, 0.25) is 0 Å². The third-order valence-electron chi connectivity index (χ3n) is 6.86. The third kappa shape index (κ3) is 6.78. The second-order valence-corrected chi connectivity index (χ2v) is 9.66. The molecule has 0 bridgehead atoms. The third-order valence-corrected chi connectivity index (χ3v) is 6.86. The Labute approximate surface area is 234 Å². The van der Waals surface area contributed by atoms with Crippen molar-refractivity contribution in [2.75, 3.05) is 19.6 Å². The second-order valence-electron chi connectivity index (χ2n) is 9.66. The highest BCUT2D eigenvalue weighted by atomic mass is 19.4. The Hall–Kier alpha value is -4.57. The first-order valence-corrected chi connectivity index (χ1v) is 12.8. The first-order chi connectivity index (χ1) is 19.5. The standard InChI is InChI=1S/C28H28F3N5O5/c1-2-13-34-18-24(37)35-22(11-12-25(38)39)26(40)33(16-20-9-6-10-21(14-20)28(29,30)31)17-23(35)36(34)27(41)32-15-19-7-4-3-5-8-19/h1,3-10,14,22-23H,11-13,15-18H2,(H,32,41)(H,38,39)/t22-,23-/m0/s1. The van der Waals surface area contributed by atoms with E-state index in [9.17, 15) is 37.5 Å². The summed E-state index contributed by atoms with van der Waals surface area (Å²) in [6.45, 7) is -0.778. The van der Waals surface area contributed by atoms with E-state index in [-0.39, 0.29) is 44.7 Å². The molecule has 41 heavy (non-hydrogen) atoms. The Morgan fingerprint density at radius 2 is 1.78 bits per heavy atom. The van der Waals surface area contributed by atoms with Gasteiger partial charge in [-0.05, 0) is 29.7 Å². The highest BCUT2D eigenvalue weighted by molar-refractivity contribution is 5.91. The molecule has 0 radical (unpaired) electrons. The van der Waals surface area contributed by atoms with Gasteiger partial charge >= 0.3 is 18.2 Å². The first kappa shape index (κ1) is 29.4. The highest BCUT2D eigenvalue weighted by Crippen LogP contribution is 2.32. The summed E-state index contributed by atoms with van der Waals surface area (Å²) >= 11 is 0. The van der Waals surface area contributed by atoms with Gasteiger partial charge in [-0.3, -0.25) is 14.4 Å². The van der Waals surface area contributed by atoms with Crippen molar-refractivity contribution in [3.63, 3.8) is 0 Å². The number of hydrogen-bond acceptors (Lipinski definition) is 5. The number of benzene rings is 2. The van der Waals surface area contributed by atoms with E-state index in [1.807, 2.05) is 18.2 Å². The predicted octanol–water partition coefficient (Wildman–Crippen LogP) is 2.51. The largest absolute Gasteiger partial charge is 0.481 e. The van der Waals surface area contributed by atoms with Crippen molar-refractivity contribution in [2.45, 2.75) is 44.3 Å². The number of terminal acetylenes is 1. The zero-order valence-electron chi connectivity index (χ0n) is 21.9. The fourth-order valence-electron chi connectivity index (χ4n) is 5.04. The molecular formula is C28H28F3N5O5. The lowest BCUT2D eigenvalue weighted by Gasteiger charge is -2.54. The molecule has 2 heterocycles. The average molecular weight is 572 g/mol. The van der Waals surface area contributed by atoms with Gasteiger partial charge in [0.15, 0.2) is 0 Å². The SMILES string of the molecule is C#CCN1CC(=O)N2[C@@H](CCC(=O)O)C(=O)N(Cc3cccc(C(F)(F)F)c3)C[C@@H]2N1C(=O)NCc1ccccc1. The first-order valence-electron chi connectivity index (χ1n) is 12.8. The number of carboxylic acids is 1. The van der Waals surface area contributed by atoms with Crippen LogP contribution < -0.4 is 5.32 Å². The van der Waals surface area contributed by atoms with Gasteiger partial charge in [-0.1, -0.05) is 48.4 Å². The van der Waals surface area contributed by atoms with E-state index in [1.54, 1.807) is 12.1 Å². The fourth-order valence-corrected chi connectivity index (χ4v) is 5.04. The summed E-state index contributed by atoms with van der Waals surface area (Å²) in [7, 11) is 0. The molecule has 0 unspecified atom stereocenters. The molecule has 0 spiro atoms. The molecule has 4 amide bonds. The summed E-state index contributed by atoms with van der Waals surface area (Å²) in [6.07, 6.45) is -0.855. The smallest absolute Gasteiger partial charge is 0.416 e. The van der Waals surface area contributed by atoms with E-state index in [0.29, 0.717) is 0 Å². The Kier molecular flexibility index (Phi) is 8.83. The molecule has 2 fully saturated rings. The van der Waals surface area contributed by atoms with E-state index in [1.165, 1.54) is 32.0 Å². The van der Waals surface area contributed by atoms with Gasteiger partial charge in [-0.15, -0.1) is 6.42 Å². The van der Waals surface area contributed by atoms with Crippen molar-refractivity contribution in [2.24, 2.45) is 0 Å². The van der Waals surface area contributed by atoms with Crippen LogP contribution >= 0.6 is 0 Å². The summed E-state index contributed by atoms with van der Waals surface area (Å²) < 4.78 is 40.0. The molecule has 2 aliphatic rings. The van der Waals surface area contributed by atoms with Crippen molar-refractivity contribution < 1.29 is 37.5 Å². The monoisotopic (exact) mass is 571 g/mol. The quantitative estimate of drug-likeness (QED) is 0.471. The summed E-state index contributed by atoms with van der Waals surface area (Å²) in [4.78, 5) is 54.2. The molecule has 13 heteroatoms. The Morgan fingerprint density at radius 1 is 1.07 bits per heavy atom. The lowest BCUT2D eigenvalue weighted by atomic mass is 10.0. The number of urea groups is 1. The zero-order valence-corrected chi connectivity index (χ0v) is 21.9. The van der Waals surface area contributed by atoms with Crippen LogP contribution in [0.25, 0.3) is 0 Å². The Balaban J connectivity index is 1.67. The van der Waals surface area contributed by atoms with Crippen LogP contribution in [0.3, 0.4) is 0 Å². The lowest BCUT2D eigenvalue weighted by molar-refractivity contribution is -0.190. The molecule has 4 rings (SSSR count). The summed E-state index contributed by atoms with van der Waals surface area (Å²) in [5.41, 5.74) is 0.0957. The summed E-state index contributed by atoms with van der Waals surface area (Å²) in [5.74, 6) is 0.0682. The lowest BCUT2D eigenvalue weighted by Crippen LogP contribution is -2.76. The number of halogens is 3. The molecule has 0 aromatic heterocycles. The van der Waals surface area contributed by atoms with Crippen molar-refractivity contribution in [3.05, 3.63) is 71.3 Å². The van der Waals surface area contributed by atoms with E-state index < -0.39 is 54.2 Å². The number of amides is 4. The fraction of sp³-hybridized carbons (Fsp3) is 0.357. The topological polar surface area (TPSA) is 114 Å². The molecule has 2 aromatic rings. The molecule has 2 aromatic carbocycles. The van der Waals surface area contributed by atoms with E-state index in [4.69, 9.17) is 6.42 Å². The minimum Gasteiger partial charge on any atom is -0.481 e. The van der Waals surface area contributed by atoms with Gasteiger partial charge in [0.25, 0.3) is 0 Å². The number of hydrazine groups is 1. The number of rotatable bonds is 8. The number of carboxylic acid groups (broad SMARTS) is 1. The number of carbonyl (C=O) groups excluding carboxylic acids is 3. The maximum atomic E-state index is 13.6. The summed E-state index contributed by atoms with van der Waals surface area (Å²) in [6, 6.07) is 11.7. The van der Waals surface area contributed by atoms with Crippen LogP contribution in [-0.4, -0.2) is 80.6 Å². The molecule has 2 saturated heterocycles. The normalized spacial score (nSPS) is 19.5. The van der Waals surface area contributed by atoms with Crippen LogP contribution in [0.4, 0.5) is 18.0 Å². The zero-order chi connectivity index (χ0) is 29.7. The Bertz CT molecular complexity index is 1350. The van der Waals surface area contributed by atoms with Crippen LogP contribution in [0.5, 0.6) is 0 Å². The second kappa shape index (κ2) is 12.3. The molecule has 2 atom stereocenters. The van der Waals surface area contributed by atoms with Crippen molar-refractivity contribution in [3.8, 4) is 12.3 Å². The van der Waals surface area contributed by atoms with Crippen molar-refractivity contribution >= 4 is 23.8 Å². The number of carbonyl (C=O) groups is 4.